The standard InChI is InChI=1S/C18H32N6O8/c19-13(9-21-17(29)23-5-1-11(25)2-6-23)31-15(27)16(28)32-14(20)10-22-18(30)24-7-3-12(26)4-8-24/h11-14,25-26H,1-10,19-20H2,(H,21,29)(H,22,30). The average molecular weight is 460 g/mol. The summed E-state index contributed by atoms with van der Waals surface area (Å²) >= 11 is 0. The molecule has 8 N–H and O–H groups in total. The number of carbonyl (C=O) groups excluding carboxylic acids is 4. The number of ether oxygens (including phenoxy) is 2. The van der Waals surface area contributed by atoms with E-state index in [9.17, 15) is 29.4 Å². The highest BCUT2D eigenvalue weighted by atomic mass is 16.6. The number of nitrogens with one attached hydrogen (secondary N) is 2. The van der Waals surface area contributed by atoms with Gasteiger partial charge in [-0.2, -0.15) is 0 Å². The number of nitrogens with two attached hydrogens (primary N) is 2. The Bertz CT molecular complexity index is 608. The number of hydrogen-bond acceptors (Lipinski definition) is 10. The van der Waals surface area contributed by atoms with E-state index in [0.717, 1.165) is 0 Å². The fourth-order valence-corrected chi connectivity index (χ4v) is 3.19. The number of rotatable bonds is 6. The molecule has 0 bridgehead atoms. The van der Waals surface area contributed by atoms with E-state index in [0.29, 0.717) is 51.9 Å². The molecule has 0 spiro atoms. The Balaban J connectivity index is 1.62. The molecule has 0 aliphatic carbocycles. The quantitative estimate of drug-likeness (QED) is 0.134. The summed E-state index contributed by atoms with van der Waals surface area (Å²) in [6.45, 7) is 1.10. The fraction of sp³-hybridized carbons (Fsp3) is 0.778. The second-order valence-corrected chi connectivity index (χ2v) is 7.70. The molecule has 0 radical (unpaired) electrons. The van der Waals surface area contributed by atoms with Crippen LogP contribution in [-0.4, -0.2) is 108 Å². The third-order valence-electron chi connectivity index (χ3n) is 5.10. The van der Waals surface area contributed by atoms with Gasteiger partial charge < -0.3 is 40.1 Å². The van der Waals surface area contributed by atoms with Crippen LogP contribution in [0.3, 0.4) is 0 Å². The van der Waals surface area contributed by atoms with Crippen LogP contribution in [-0.2, 0) is 19.1 Å². The number of carbonyl (C=O) groups is 4. The van der Waals surface area contributed by atoms with E-state index in [-0.39, 0.29) is 13.1 Å². The van der Waals surface area contributed by atoms with Gasteiger partial charge in [-0.05, 0) is 25.7 Å². The Kier molecular flexibility index (Phi) is 9.90. The van der Waals surface area contributed by atoms with Crippen LogP contribution in [0.15, 0.2) is 0 Å². The summed E-state index contributed by atoms with van der Waals surface area (Å²) in [6, 6.07) is -0.848. The van der Waals surface area contributed by atoms with Crippen molar-refractivity contribution in [1.82, 2.24) is 20.4 Å². The van der Waals surface area contributed by atoms with Crippen molar-refractivity contribution >= 4 is 24.0 Å². The van der Waals surface area contributed by atoms with Gasteiger partial charge in [0, 0.05) is 26.2 Å². The molecule has 2 aliphatic heterocycles. The first-order chi connectivity index (χ1) is 15.2. The molecule has 0 aromatic rings. The van der Waals surface area contributed by atoms with Crippen molar-refractivity contribution in [3.8, 4) is 0 Å². The van der Waals surface area contributed by atoms with Crippen LogP contribution in [0.4, 0.5) is 9.59 Å². The van der Waals surface area contributed by atoms with Gasteiger partial charge in [-0.1, -0.05) is 0 Å². The van der Waals surface area contributed by atoms with E-state index in [1.54, 1.807) is 0 Å². The third kappa shape index (κ3) is 8.45. The molecule has 2 atom stereocenters. The molecule has 2 aliphatic rings. The van der Waals surface area contributed by atoms with E-state index < -0.39 is 48.7 Å². The summed E-state index contributed by atoms with van der Waals surface area (Å²) in [5, 5.41) is 23.9. The van der Waals surface area contributed by atoms with Crippen LogP contribution in [0.1, 0.15) is 25.7 Å². The number of nitrogens with zero attached hydrogens (tertiary/aromatic N) is 2. The molecule has 0 aromatic heterocycles. The Morgan fingerprint density at radius 1 is 0.750 bits per heavy atom. The zero-order chi connectivity index (χ0) is 23.7. The highest BCUT2D eigenvalue weighted by molar-refractivity contribution is 6.29. The minimum atomic E-state index is -1.39. The SMILES string of the molecule is NC(CNC(=O)N1CCC(O)CC1)OC(=O)C(=O)OC(N)CNC(=O)N1CCC(O)CC1. The molecular formula is C18H32N6O8. The lowest BCUT2D eigenvalue weighted by molar-refractivity contribution is -0.173. The zero-order valence-electron chi connectivity index (χ0n) is 17.8. The number of piperidine rings is 2. The van der Waals surface area contributed by atoms with Gasteiger partial charge in [0.2, 0.25) is 0 Å². The van der Waals surface area contributed by atoms with Gasteiger partial charge in [-0.15, -0.1) is 0 Å². The molecule has 32 heavy (non-hydrogen) atoms. The monoisotopic (exact) mass is 460 g/mol. The predicted octanol–water partition coefficient (Wildman–Crippen LogP) is -3.02. The van der Waals surface area contributed by atoms with Gasteiger partial charge in [-0.25, -0.2) is 19.2 Å². The largest absolute Gasteiger partial charge is 0.436 e. The zero-order valence-corrected chi connectivity index (χ0v) is 17.8. The molecule has 14 nitrogen and oxygen atoms in total. The van der Waals surface area contributed by atoms with Crippen molar-refractivity contribution in [3.63, 3.8) is 0 Å². The van der Waals surface area contributed by atoms with E-state index in [1.807, 2.05) is 0 Å². The summed E-state index contributed by atoms with van der Waals surface area (Å²) < 4.78 is 9.43. The maximum atomic E-state index is 12.0. The predicted molar refractivity (Wildman–Crippen MR) is 109 cm³/mol. The third-order valence-corrected chi connectivity index (χ3v) is 5.10. The van der Waals surface area contributed by atoms with Crippen LogP contribution >= 0.6 is 0 Å². The van der Waals surface area contributed by atoms with Gasteiger partial charge in [0.1, 0.15) is 0 Å². The number of amides is 4. The normalized spacial score (nSPS) is 19.6. The lowest BCUT2D eigenvalue weighted by Gasteiger charge is -2.30. The lowest BCUT2D eigenvalue weighted by atomic mass is 10.1. The highest BCUT2D eigenvalue weighted by Gasteiger charge is 2.26. The molecule has 2 heterocycles. The molecule has 2 saturated heterocycles. The van der Waals surface area contributed by atoms with Gasteiger partial charge in [-0.3, -0.25) is 11.5 Å². The second kappa shape index (κ2) is 12.4. The Morgan fingerprint density at radius 3 is 1.38 bits per heavy atom. The van der Waals surface area contributed by atoms with Crippen molar-refractivity contribution < 1.29 is 38.9 Å². The minimum absolute atomic E-state index is 0.233. The maximum Gasteiger partial charge on any atom is 0.419 e. The number of hydrogen-bond donors (Lipinski definition) is 6. The van der Waals surface area contributed by atoms with Crippen molar-refractivity contribution in [2.45, 2.75) is 50.3 Å². The van der Waals surface area contributed by atoms with Crippen LogP contribution in [0.2, 0.25) is 0 Å². The average Bonchev–Trinajstić information content (AvgIpc) is 2.76. The van der Waals surface area contributed by atoms with Crippen molar-refractivity contribution in [2.75, 3.05) is 39.3 Å². The highest BCUT2D eigenvalue weighted by Crippen LogP contribution is 2.10. The first-order valence-corrected chi connectivity index (χ1v) is 10.5. The Labute approximate surface area is 185 Å². The molecule has 2 rings (SSSR count). The first-order valence-electron chi connectivity index (χ1n) is 10.5. The van der Waals surface area contributed by atoms with Gasteiger partial charge >= 0.3 is 24.0 Å². The number of esters is 2. The summed E-state index contributed by atoms with van der Waals surface area (Å²) in [6.07, 6.45) is -1.53. The molecule has 0 aromatic carbocycles. The smallest absolute Gasteiger partial charge is 0.419 e. The van der Waals surface area contributed by atoms with Crippen molar-refractivity contribution in [1.29, 1.82) is 0 Å². The summed E-state index contributed by atoms with van der Waals surface area (Å²) in [4.78, 5) is 50.6. The number of aliphatic hydroxyl groups excluding tert-OH is 2. The topological polar surface area (TPSA) is 210 Å². The molecular weight excluding hydrogens is 428 g/mol. The number of likely N-dealkylation sites (tertiary alicyclic amines) is 2. The van der Waals surface area contributed by atoms with Crippen LogP contribution in [0.25, 0.3) is 0 Å². The van der Waals surface area contributed by atoms with Crippen LogP contribution in [0, 0.1) is 0 Å². The molecule has 2 unspecified atom stereocenters. The van der Waals surface area contributed by atoms with E-state index in [1.165, 1.54) is 9.80 Å². The van der Waals surface area contributed by atoms with E-state index >= 15 is 0 Å². The minimum Gasteiger partial charge on any atom is -0.436 e. The molecule has 14 heteroatoms. The summed E-state index contributed by atoms with van der Waals surface area (Å²) in [5.74, 6) is -2.78. The first kappa shape index (κ1) is 25.6. The molecule has 2 fully saturated rings. The molecule has 0 saturated carbocycles. The number of aliphatic hydroxyl groups is 2. The molecule has 182 valence electrons. The summed E-state index contributed by atoms with van der Waals surface area (Å²) in [5.41, 5.74) is 11.2. The number of urea groups is 2. The van der Waals surface area contributed by atoms with Crippen LogP contribution < -0.4 is 22.1 Å². The Hall–Kier alpha value is -2.68. The van der Waals surface area contributed by atoms with E-state index in [4.69, 9.17) is 20.9 Å². The Morgan fingerprint density at radius 2 is 1.06 bits per heavy atom. The van der Waals surface area contributed by atoms with Crippen molar-refractivity contribution in [3.05, 3.63) is 0 Å². The van der Waals surface area contributed by atoms with Gasteiger partial charge in [0.15, 0.2) is 12.5 Å². The van der Waals surface area contributed by atoms with Gasteiger partial charge in [0.25, 0.3) is 0 Å². The van der Waals surface area contributed by atoms with E-state index in [2.05, 4.69) is 10.6 Å². The maximum absolute atomic E-state index is 12.0. The second-order valence-electron chi connectivity index (χ2n) is 7.70. The van der Waals surface area contributed by atoms with Crippen LogP contribution in [0.5, 0.6) is 0 Å². The van der Waals surface area contributed by atoms with Crippen molar-refractivity contribution in [2.24, 2.45) is 11.5 Å². The fourth-order valence-electron chi connectivity index (χ4n) is 3.19. The van der Waals surface area contributed by atoms with Gasteiger partial charge in [0.05, 0.1) is 25.3 Å². The molecule has 4 amide bonds. The summed E-state index contributed by atoms with van der Waals surface area (Å²) in [7, 11) is 0. The lowest BCUT2D eigenvalue weighted by Crippen LogP contribution is -2.50.